The second kappa shape index (κ2) is 9.83. The predicted octanol–water partition coefficient (Wildman–Crippen LogP) is 2.25. The first-order chi connectivity index (χ1) is 8.36. The first-order valence-electron chi connectivity index (χ1n) is 6.99. The van der Waals surface area contributed by atoms with Gasteiger partial charge in [0.1, 0.15) is 0 Å². The third-order valence-electron chi connectivity index (χ3n) is 3.02. The Labute approximate surface area is 108 Å². The van der Waals surface area contributed by atoms with Crippen LogP contribution in [0.15, 0.2) is 11.8 Å². The molecule has 0 N–H and O–H groups in total. The average molecular weight is 257 g/mol. The molecule has 0 spiro atoms. The van der Waals surface area contributed by atoms with Gasteiger partial charge in [-0.15, -0.1) is 0 Å². The van der Waals surface area contributed by atoms with Crippen molar-refractivity contribution >= 4 is 9.28 Å². The Hall–Kier alpha value is -0.163. The second-order valence-electron chi connectivity index (χ2n) is 4.40. The molecule has 1 saturated heterocycles. The predicted molar refractivity (Wildman–Crippen MR) is 74.4 cm³/mol. The van der Waals surface area contributed by atoms with Gasteiger partial charge in [0.05, 0.1) is 0 Å². The number of rotatable bonds is 8. The highest BCUT2D eigenvalue weighted by Gasteiger charge is 2.09. The van der Waals surface area contributed by atoms with Crippen molar-refractivity contribution in [3.05, 3.63) is 11.8 Å². The summed E-state index contributed by atoms with van der Waals surface area (Å²) in [4.78, 5) is 2.56. The number of piperidine rings is 1. The number of hydrogen-bond donors (Lipinski definition) is 0. The van der Waals surface area contributed by atoms with Crippen molar-refractivity contribution in [2.75, 3.05) is 32.8 Å². The van der Waals surface area contributed by atoms with Crippen LogP contribution in [0.1, 0.15) is 39.5 Å². The van der Waals surface area contributed by atoms with Crippen LogP contribution in [0.3, 0.4) is 0 Å². The van der Waals surface area contributed by atoms with Crippen LogP contribution in [0.25, 0.3) is 0 Å². The van der Waals surface area contributed by atoms with Crippen LogP contribution in [0.4, 0.5) is 0 Å². The molecule has 1 heterocycles. The molecule has 0 amide bonds. The summed E-state index contributed by atoms with van der Waals surface area (Å²) >= 11 is 0. The van der Waals surface area contributed by atoms with E-state index in [1.165, 1.54) is 38.9 Å². The summed E-state index contributed by atoms with van der Waals surface area (Å²) in [6.07, 6.45) is 7.54. The summed E-state index contributed by atoms with van der Waals surface area (Å²) in [7, 11) is -1.51. The maximum Gasteiger partial charge on any atom is 0.348 e. The van der Waals surface area contributed by atoms with Crippen LogP contribution in [0, 0.1) is 0 Å². The molecule has 0 atom stereocenters. The zero-order valence-electron chi connectivity index (χ0n) is 11.4. The topological polar surface area (TPSA) is 21.7 Å². The highest BCUT2D eigenvalue weighted by molar-refractivity contribution is 6.50. The van der Waals surface area contributed by atoms with Gasteiger partial charge in [-0.1, -0.05) is 12.5 Å². The molecular formula is C13H27NO2Si. The van der Waals surface area contributed by atoms with Crippen LogP contribution in [0.2, 0.25) is 0 Å². The van der Waals surface area contributed by atoms with Gasteiger partial charge in [0, 0.05) is 19.8 Å². The zero-order valence-corrected chi connectivity index (χ0v) is 12.5. The quantitative estimate of drug-likeness (QED) is 0.623. The first kappa shape index (κ1) is 14.9. The van der Waals surface area contributed by atoms with Gasteiger partial charge < -0.3 is 13.8 Å². The van der Waals surface area contributed by atoms with Crippen LogP contribution in [-0.2, 0) is 8.85 Å². The minimum atomic E-state index is -1.51. The summed E-state index contributed by atoms with van der Waals surface area (Å²) in [6, 6.07) is 0. The van der Waals surface area contributed by atoms with E-state index in [1.807, 2.05) is 13.8 Å². The van der Waals surface area contributed by atoms with Crippen molar-refractivity contribution in [1.29, 1.82) is 0 Å². The molecule has 1 aliphatic rings. The summed E-state index contributed by atoms with van der Waals surface area (Å²) in [6.45, 7) is 9.33. The van der Waals surface area contributed by atoms with Crippen molar-refractivity contribution in [1.82, 2.24) is 4.90 Å². The molecule has 0 aromatic carbocycles. The minimum Gasteiger partial charge on any atom is -0.394 e. The van der Waals surface area contributed by atoms with E-state index in [9.17, 15) is 0 Å². The molecule has 0 aromatic rings. The lowest BCUT2D eigenvalue weighted by Crippen LogP contribution is -2.30. The Morgan fingerprint density at radius 3 is 2.29 bits per heavy atom. The van der Waals surface area contributed by atoms with E-state index < -0.39 is 9.28 Å². The van der Waals surface area contributed by atoms with Crippen LogP contribution in [0.5, 0.6) is 0 Å². The van der Waals surface area contributed by atoms with Gasteiger partial charge in [0.2, 0.25) is 0 Å². The molecule has 1 rings (SSSR count). The molecule has 1 fully saturated rings. The number of nitrogens with zero attached hydrogens (tertiary/aromatic N) is 1. The lowest BCUT2D eigenvalue weighted by atomic mass is 10.1. The smallest absolute Gasteiger partial charge is 0.348 e. The normalized spacial score (nSPS) is 18.3. The van der Waals surface area contributed by atoms with E-state index >= 15 is 0 Å². The fourth-order valence-corrected chi connectivity index (χ4v) is 3.53. The lowest BCUT2D eigenvalue weighted by molar-refractivity contribution is 0.223. The first-order valence-corrected chi connectivity index (χ1v) is 8.60. The number of likely N-dealkylation sites (tertiary alicyclic amines) is 1. The maximum absolute atomic E-state index is 5.59. The van der Waals surface area contributed by atoms with Crippen molar-refractivity contribution in [3.8, 4) is 0 Å². The summed E-state index contributed by atoms with van der Waals surface area (Å²) in [5.74, 6) is 0. The van der Waals surface area contributed by atoms with Gasteiger partial charge in [0.25, 0.3) is 0 Å². The number of hydrogen-bond acceptors (Lipinski definition) is 3. The monoisotopic (exact) mass is 257 g/mol. The molecule has 0 saturated carbocycles. The lowest BCUT2D eigenvalue weighted by Gasteiger charge is -2.25. The van der Waals surface area contributed by atoms with Gasteiger partial charge in [-0.25, -0.2) is 0 Å². The van der Waals surface area contributed by atoms with Crippen LogP contribution in [-0.4, -0.2) is 47.0 Å². The minimum absolute atomic E-state index is 0.757. The van der Waals surface area contributed by atoms with Crippen molar-refractivity contribution in [2.45, 2.75) is 39.5 Å². The van der Waals surface area contributed by atoms with E-state index in [1.54, 1.807) is 0 Å². The Morgan fingerprint density at radius 1 is 1.06 bits per heavy atom. The molecule has 100 valence electrons. The molecule has 0 radical (unpaired) electrons. The Morgan fingerprint density at radius 2 is 1.71 bits per heavy atom. The van der Waals surface area contributed by atoms with Crippen molar-refractivity contribution in [3.63, 3.8) is 0 Å². The fraction of sp³-hybridized carbons (Fsp3) is 0.846. The Bertz CT molecular complexity index is 200. The van der Waals surface area contributed by atoms with Gasteiger partial charge in [0.15, 0.2) is 0 Å². The van der Waals surface area contributed by atoms with Gasteiger partial charge in [-0.2, -0.15) is 0 Å². The third-order valence-corrected chi connectivity index (χ3v) is 4.93. The largest absolute Gasteiger partial charge is 0.394 e. The van der Waals surface area contributed by atoms with E-state index in [-0.39, 0.29) is 0 Å². The van der Waals surface area contributed by atoms with Gasteiger partial charge in [-0.05, 0) is 51.9 Å². The molecule has 1 aliphatic heterocycles. The Kier molecular flexibility index (Phi) is 8.61. The highest BCUT2D eigenvalue weighted by atomic mass is 28.3. The van der Waals surface area contributed by atoms with Gasteiger partial charge >= 0.3 is 9.28 Å². The SMILES string of the molecule is CCO[SiH](C=CCCN1CCCCC1)OCC. The fourth-order valence-electron chi connectivity index (χ4n) is 2.14. The molecule has 0 unspecified atom stereocenters. The molecular weight excluding hydrogens is 230 g/mol. The third kappa shape index (κ3) is 6.98. The summed E-state index contributed by atoms with van der Waals surface area (Å²) in [5, 5.41) is 0. The zero-order chi connectivity index (χ0) is 12.3. The molecule has 4 heteroatoms. The molecule has 17 heavy (non-hydrogen) atoms. The van der Waals surface area contributed by atoms with Crippen molar-refractivity contribution in [2.24, 2.45) is 0 Å². The average Bonchev–Trinajstić information content (AvgIpc) is 2.36. The summed E-state index contributed by atoms with van der Waals surface area (Å²) < 4.78 is 11.2. The highest BCUT2D eigenvalue weighted by Crippen LogP contribution is 2.08. The van der Waals surface area contributed by atoms with Crippen LogP contribution < -0.4 is 0 Å². The summed E-state index contributed by atoms with van der Waals surface area (Å²) in [5.41, 5.74) is 2.18. The van der Waals surface area contributed by atoms with Crippen molar-refractivity contribution < 1.29 is 8.85 Å². The maximum atomic E-state index is 5.59. The van der Waals surface area contributed by atoms with E-state index in [4.69, 9.17) is 8.85 Å². The molecule has 0 aliphatic carbocycles. The van der Waals surface area contributed by atoms with E-state index in [0.29, 0.717) is 0 Å². The van der Waals surface area contributed by atoms with Crippen LogP contribution >= 0.6 is 0 Å². The van der Waals surface area contributed by atoms with E-state index in [2.05, 4.69) is 16.7 Å². The second-order valence-corrected chi connectivity index (χ2v) is 6.19. The Balaban J connectivity index is 2.13. The molecule has 0 aromatic heterocycles. The molecule has 0 bridgehead atoms. The molecule has 3 nitrogen and oxygen atoms in total. The standard InChI is InChI=1S/C13H27NO2Si/c1-3-15-17(16-4-2)13-9-8-12-14-10-6-5-7-11-14/h9,13,17H,3-8,10-12H2,1-2H3. The van der Waals surface area contributed by atoms with E-state index in [0.717, 1.165) is 19.6 Å². The van der Waals surface area contributed by atoms with Gasteiger partial charge in [-0.3, -0.25) is 0 Å².